The molecule has 6 heteroatoms. The maximum atomic E-state index is 14.4. The lowest BCUT2D eigenvalue weighted by atomic mass is 9.69. The van der Waals surface area contributed by atoms with E-state index in [-0.39, 0.29) is 28.1 Å². The van der Waals surface area contributed by atoms with Crippen molar-refractivity contribution in [3.8, 4) is 0 Å². The van der Waals surface area contributed by atoms with Gasteiger partial charge >= 0.3 is 0 Å². The smallest absolute Gasteiger partial charge is 0.237 e. The van der Waals surface area contributed by atoms with Crippen LogP contribution in [0.15, 0.2) is 0 Å². The zero-order valence-corrected chi connectivity index (χ0v) is 14.7. The number of hydrogen-bond acceptors (Lipinski definition) is 1. The summed E-state index contributed by atoms with van der Waals surface area (Å²) in [6.07, 6.45) is 4.57. The average Bonchev–Trinajstić information content (AvgIpc) is 2.81. The lowest BCUT2D eigenvalue weighted by Gasteiger charge is -2.45. The number of rotatable bonds is 4. The molecule has 4 unspecified atom stereocenters. The highest BCUT2D eigenvalue weighted by atomic mass is 127. The molecule has 2 saturated carbocycles. The van der Waals surface area contributed by atoms with Crippen LogP contribution in [0.3, 0.4) is 0 Å². The van der Waals surface area contributed by atoms with E-state index in [0.29, 0.717) is 12.8 Å². The minimum atomic E-state index is -1.33. The van der Waals surface area contributed by atoms with Gasteiger partial charge in [0.15, 0.2) is 0 Å². The maximum absolute atomic E-state index is 14.4. The first kappa shape index (κ1) is 16.4. The summed E-state index contributed by atoms with van der Waals surface area (Å²) < 4.78 is 28.7. The molecule has 112 valence electrons. The van der Waals surface area contributed by atoms with Crippen LogP contribution in [0.1, 0.15) is 45.4 Å². The molecule has 0 aliphatic heterocycles. The highest BCUT2D eigenvalue weighted by molar-refractivity contribution is 14.1. The molecule has 0 aromatic rings. The van der Waals surface area contributed by atoms with Crippen LogP contribution in [-0.2, 0) is 3.07 Å². The summed E-state index contributed by atoms with van der Waals surface area (Å²) in [5.74, 6) is -0.324. The summed E-state index contributed by atoms with van der Waals surface area (Å²) in [5, 5.41) is -0.561. The molecule has 2 aliphatic carbocycles. The van der Waals surface area contributed by atoms with Crippen LogP contribution in [0.5, 0.6) is 0 Å². The normalized spacial score (nSPS) is 40.2. The highest BCUT2D eigenvalue weighted by Gasteiger charge is 2.49. The van der Waals surface area contributed by atoms with E-state index in [2.05, 4.69) is 10.5 Å². The SMILES string of the molecule is CC1([C@H](NI=O)C2C(F)CCC(Cl)C2Cl)CCCC1. The van der Waals surface area contributed by atoms with E-state index in [0.717, 1.165) is 25.7 Å². The Bertz CT molecular complexity index is 328. The van der Waals surface area contributed by atoms with Crippen LogP contribution in [0.4, 0.5) is 4.39 Å². The first-order valence-electron chi connectivity index (χ1n) is 6.93. The van der Waals surface area contributed by atoms with Crippen LogP contribution >= 0.6 is 44.7 Å². The summed E-state index contributed by atoms with van der Waals surface area (Å²) in [6, 6.07) is -0.112. The van der Waals surface area contributed by atoms with Crippen LogP contribution in [0, 0.1) is 11.3 Å². The third kappa shape index (κ3) is 3.43. The topological polar surface area (TPSA) is 29.1 Å². The minimum Gasteiger partial charge on any atom is -0.252 e. The van der Waals surface area contributed by atoms with Gasteiger partial charge in [-0.3, -0.25) is 3.07 Å². The van der Waals surface area contributed by atoms with Crippen molar-refractivity contribution in [1.82, 2.24) is 3.53 Å². The van der Waals surface area contributed by atoms with Crippen molar-refractivity contribution in [2.45, 2.75) is 68.4 Å². The average molecular weight is 424 g/mol. The van der Waals surface area contributed by atoms with Crippen molar-refractivity contribution in [2.75, 3.05) is 0 Å². The third-order valence-electron chi connectivity index (χ3n) is 4.89. The van der Waals surface area contributed by atoms with Crippen LogP contribution < -0.4 is 3.53 Å². The van der Waals surface area contributed by atoms with E-state index in [4.69, 9.17) is 23.2 Å². The zero-order chi connectivity index (χ0) is 14.0. The van der Waals surface area contributed by atoms with Crippen LogP contribution in [0.25, 0.3) is 0 Å². The summed E-state index contributed by atoms with van der Waals surface area (Å²) in [5.41, 5.74) is 0.000224. The predicted octanol–water partition coefficient (Wildman–Crippen LogP) is 4.72. The van der Waals surface area contributed by atoms with Crippen molar-refractivity contribution < 1.29 is 7.46 Å². The Morgan fingerprint density at radius 3 is 2.53 bits per heavy atom. The van der Waals surface area contributed by atoms with Crippen LogP contribution in [0.2, 0.25) is 0 Å². The molecule has 2 nitrogen and oxygen atoms in total. The second-order valence-corrected chi connectivity index (χ2v) is 8.28. The Balaban J connectivity index is 2.23. The fourth-order valence-electron chi connectivity index (χ4n) is 3.71. The monoisotopic (exact) mass is 423 g/mol. The van der Waals surface area contributed by atoms with Gasteiger partial charge in [0.2, 0.25) is 21.5 Å². The Morgan fingerprint density at radius 2 is 1.95 bits per heavy atom. The fourth-order valence-corrected chi connectivity index (χ4v) is 5.88. The predicted molar refractivity (Wildman–Crippen MR) is 85.1 cm³/mol. The number of hydrogen-bond donors (Lipinski definition) is 1. The molecule has 5 atom stereocenters. The fraction of sp³-hybridized carbons (Fsp3) is 1.00. The molecule has 0 saturated heterocycles. The van der Waals surface area contributed by atoms with E-state index in [9.17, 15) is 7.46 Å². The molecule has 0 radical (unpaired) electrons. The van der Waals surface area contributed by atoms with Gasteiger partial charge in [-0.2, -0.15) is 0 Å². The molecular formula is C13H21Cl2FINO. The molecule has 2 fully saturated rings. The Kier molecular flexibility index (Phi) is 5.89. The Morgan fingerprint density at radius 1 is 1.32 bits per heavy atom. The van der Waals surface area contributed by atoms with Gasteiger partial charge in [0.1, 0.15) is 6.17 Å². The van der Waals surface area contributed by atoms with Gasteiger partial charge in [0.25, 0.3) is 0 Å². The summed E-state index contributed by atoms with van der Waals surface area (Å²) in [6.45, 7) is 2.17. The van der Waals surface area contributed by atoms with E-state index in [1.54, 1.807) is 0 Å². The molecule has 1 N–H and O–H groups in total. The quantitative estimate of drug-likeness (QED) is 0.402. The summed E-state index contributed by atoms with van der Waals surface area (Å²) in [7, 11) is 0. The zero-order valence-electron chi connectivity index (χ0n) is 11.0. The molecule has 0 heterocycles. The number of nitrogens with one attached hydrogen (secondary N) is 1. The minimum absolute atomic E-state index is 0.000224. The molecule has 2 rings (SSSR count). The Labute approximate surface area is 135 Å². The highest BCUT2D eigenvalue weighted by Crippen LogP contribution is 2.48. The molecule has 0 amide bonds. The molecular weight excluding hydrogens is 403 g/mol. The molecule has 2 aliphatic rings. The lowest BCUT2D eigenvalue weighted by Crippen LogP contribution is -2.54. The van der Waals surface area contributed by atoms with Crippen molar-refractivity contribution >= 4 is 44.7 Å². The van der Waals surface area contributed by atoms with Gasteiger partial charge < -0.3 is 0 Å². The van der Waals surface area contributed by atoms with Gasteiger partial charge in [-0.25, -0.2) is 7.92 Å². The van der Waals surface area contributed by atoms with E-state index < -0.39 is 27.6 Å². The van der Waals surface area contributed by atoms with Crippen molar-refractivity contribution in [2.24, 2.45) is 11.3 Å². The lowest BCUT2D eigenvalue weighted by molar-refractivity contribution is 0.0851. The van der Waals surface area contributed by atoms with Crippen molar-refractivity contribution in [3.63, 3.8) is 0 Å². The summed E-state index contributed by atoms with van der Waals surface area (Å²) in [4.78, 5) is 0. The molecule has 0 bridgehead atoms. The standard InChI is InChI=1S/C13H21Cl2FINO/c1-13(6-2-3-7-13)12(18-17-19)10-9(16)5-4-8(14)11(10)15/h8-12H,2-7H2,1H3,(H,18,19)/t8?,9?,10?,11?,12-/m1/s1. The van der Waals surface area contributed by atoms with E-state index in [1.165, 1.54) is 0 Å². The molecule has 19 heavy (non-hydrogen) atoms. The van der Waals surface area contributed by atoms with Gasteiger partial charge in [-0.1, -0.05) is 19.8 Å². The number of alkyl halides is 3. The largest absolute Gasteiger partial charge is 0.252 e. The first-order chi connectivity index (χ1) is 8.99. The van der Waals surface area contributed by atoms with Gasteiger partial charge in [-0.15, -0.1) is 23.2 Å². The summed E-state index contributed by atoms with van der Waals surface area (Å²) >= 11 is 11.3. The van der Waals surface area contributed by atoms with E-state index >= 15 is 0 Å². The second-order valence-electron chi connectivity index (χ2n) is 6.16. The van der Waals surface area contributed by atoms with Crippen LogP contribution in [-0.4, -0.2) is 23.0 Å². The Hall–Kier alpha value is 1.00. The molecule has 0 aromatic carbocycles. The van der Waals surface area contributed by atoms with Gasteiger partial charge in [0.05, 0.1) is 10.8 Å². The van der Waals surface area contributed by atoms with Crippen molar-refractivity contribution in [3.05, 3.63) is 0 Å². The third-order valence-corrected chi connectivity index (χ3v) is 7.03. The van der Waals surface area contributed by atoms with E-state index in [1.807, 2.05) is 0 Å². The number of halogens is 4. The molecule has 0 aromatic heterocycles. The van der Waals surface area contributed by atoms with Crippen molar-refractivity contribution in [1.29, 1.82) is 0 Å². The van der Waals surface area contributed by atoms with Gasteiger partial charge in [0, 0.05) is 12.0 Å². The maximum Gasteiger partial charge on any atom is 0.237 e. The molecule has 0 spiro atoms. The second kappa shape index (κ2) is 6.84. The van der Waals surface area contributed by atoms with Gasteiger partial charge in [-0.05, 0) is 31.1 Å². The first-order valence-corrected chi connectivity index (χ1v) is 9.76.